The monoisotopic (exact) mass is 491 g/mol. The summed E-state index contributed by atoms with van der Waals surface area (Å²) in [6.07, 6.45) is -5.00. The van der Waals surface area contributed by atoms with Crippen LogP contribution in [0.4, 0.5) is 13.2 Å². The Kier molecular flexibility index (Phi) is 7.84. The van der Waals surface area contributed by atoms with Gasteiger partial charge in [-0.1, -0.05) is 45.6 Å². The highest BCUT2D eigenvalue weighted by atomic mass is 19.4. The van der Waals surface area contributed by atoms with Crippen molar-refractivity contribution in [2.45, 2.75) is 54.3 Å². The highest BCUT2D eigenvalue weighted by Crippen LogP contribution is 2.39. The minimum Gasteiger partial charge on any atom is -0.872 e. The number of aryl methyl sites for hydroxylation is 2. The number of halogens is 3. The summed E-state index contributed by atoms with van der Waals surface area (Å²) in [4.78, 5) is 14.3. The maximum Gasteiger partial charge on any atom is 0.453 e. The van der Waals surface area contributed by atoms with E-state index >= 15 is 0 Å². The van der Waals surface area contributed by atoms with Gasteiger partial charge in [0.15, 0.2) is 0 Å². The molecular weight excluding hydrogens is 459 g/mol. The molecule has 0 spiro atoms. The molecule has 0 aliphatic rings. The molecule has 0 radical (unpaired) electrons. The molecule has 1 aromatic heterocycles. The second-order valence-electron chi connectivity index (χ2n) is 9.98. The Morgan fingerprint density at radius 3 is 2.17 bits per heavy atom. The van der Waals surface area contributed by atoms with Gasteiger partial charge in [-0.25, -0.2) is 0 Å². The van der Waals surface area contributed by atoms with E-state index in [0.29, 0.717) is 11.8 Å². The lowest BCUT2D eigenvalue weighted by Gasteiger charge is -2.26. The van der Waals surface area contributed by atoms with E-state index < -0.39 is 28.9 Å². The van der Waals surface area contributed by atoms with E-state index in [0.717, 1.165) is 29.1 Å². The van der Waals surface area contributed by atoms with E-state index in [1.165, 1.54) is 18.2 Å². The van der Waals surface area contributed by atoms with Crippen molar-refractivity contribution < 1.29 is 32.3 Å². The molecule has 0 bridgehead atoms. The number of fused-ring (bicyclic) bond motifs is 1. The number of ether oxygens (including phenoxy) is 1. The summed E-state index contributed by atoms with van der Waals surface area (Å²) in [6, 6.07) is 7.18. The fraction of sp³-hybridized carbons (Fsp3) is 0.444. The molecule has 2 aromatic carbocycles. The number of hydrogen-bond acceptors (Lipinski definition) is 4. The number of alkyl halides is 3. The van der Waals surface area contributed by atoms with Crippen molar-refractivity contribution in [1.29, 1.82) is 0 Å². The lowest BCUT2D eigenvalue weighted by Crippen LogP contribution is -3.11. The van der Waals surface area contributed by atoms with Crippen molar-refractivity contribution in [2.75, 3.05) is 13.1 Å². The summed E-state index contributed by atoms with van der Waals surface area (Å²) in [6.45, 7) is 13.4. The number of rotatable bonds is 8. The average Bonchev–Trinajstić information content (AvgIpc) is 2.72. The van der Waals surface area contributed by atoms with Crippen molar-refractivity contribution in [3.8, 4) is 17.2 Å². The van der Waals surface area contributed by atoms with Crippen molar-refractivity contribution in [3.63, 3.8) is 0 Å². The van der Waals surface area contributed by atoms with Gasteiger partial charge in [-0.05, 0) is 43.2 Å². The highest BCUT2D eigenvalue weighted by Gasteiger charge is 2.41. The molecule has 0 fully saturated rings. The fourth-order valence-corrected chi connectivity index (χ4v) is 4.25. The molecule has 3 rings (SSSR count). The van der Waals surface area contributed by atoms with E-state index in [1.807, 2.05) is 34.6 Å². The van der Waals surface area contributed by atoms with Gasteiger partial charge in [-0.3, -0.25) is 4.79 Å². The number of hydrogen-bond donors (Lipinski definition) is 1. The molecular formula is C27H32F3NO4. The maximum atomic E-state index is 14.0. The standard InChI is InChI=1S/C27H32F3NO4/c1-15(2)12-31(13-16(3)4)14-21-22(32)10-9-20-23(33)25(26(27(28,29)30)35-24(20)21)34-19-8-7-17(5)18(6)11-19/h7-11,15-16,32H,12-14H2,1-6H3. The van der Waals surface area contributed by atoms with Crippen LogP contribution < -0.4 is 20.2 Å². The molecule has 3 aromatic rings. The molecule has 190 valence electrons. The Balaban J connectivity index is 2.20. The Morgan fingerprint density at radius 1 is 1.00 bits per heavy atom. The lowest BCUT2D eigenvalue weighted by molar-refractivity contribution is -0.919. The van der Waals surface area contributed by atoms with Gasteiger partial charge < -0.3 is 19.2 Å². The second kappa shape index (κ2) is 10.3. The van der Waals surface area contributed by atoms with Crippen LogP contribution in [0.25, 0.3) is 11.0 Å². The van der Waals surface area contributed by atoms with E-state index in [4.69, 9.17) is 9.15 Å². The Labute approximate surface area is 203 Å². The van der Waals surface area contributed by atoms with Gasteiger partial charge in [-0.2, -0.15) is 13.2 Å². The van der Waals surface area contributed by atoms with Gasteiger partial charge in [0, 0.05) is 17.4 Å². The van der Waals surface area contributed by atoms with Crippen LogP contribution in [0.1, 0.15) is 50.1 Å². The normalized spacial score (nSPS) is 12.3. The molecule has 1 heterocycles. The van der Waals surface area contributed by atoms with Crippen molar-refractivity contribution in [2.24, 2.45) is 11.8 Å². The van der Waals surface area contributed by atoms with Crippen LogP contribution in [0.3, 0.4) is 0 Å². The first-order valence-corrected chi connectivity index (χ1v) is 11.7. The van der Waals surface area contributed by atoms with Gasteiger partial charge >= 0.3 is 6.18 Å². The first kappa shape index (κ1) is 26.6. The summed E-state index contributed by atoms with van der Waals surface area (Å²) in [7, 11) is 0. The van der Waals surface area contributed by atoms with Crippen LogP contribution in [0.2, 0.25) is 0 Å². The molecule has 0 aliphatic heterocycles. The summed E-state index contributed by atoms with van der Waals surface area (Å²) < 4.78 is 52.9. The zero-order valence-corrected chi connectivity index (χ0v) is 20.9. The summed E-state index contributed by atoms with van der Waals surface area (Å²) in [5, 5.41) is 12.7. The molecule has 0 aliphatic carbocycles. The van der Waals surface area contributed by atoms with E-state index in [1.54, 1.807) is 19.1 Å². The zero-order valence-electron chi connectivity index (χ0n) is 20.9. The Bertz CT molecular complexity index is 1250. The van der Waals surface area contributed by atoms with Crippen LogP contribution in [-0.4, -0.2) is 13.1 Å². The van der Waals surface area contributed by atoms with Crippen LogP contribution in [-0.2, 0) is 12.7 Å². The van der Waals surface area contributed by atoms with Crippen LogP contribution in [0, 0.1) is 25.7 Å². The van der Waals surface area contributed by atoms with Gasteiger partial charge in [-0.15, -0.1) is 0 Å². The van der Waals surface area contributed by atoms with Gasteiger partial charge in [0.2, 0.25) is 11.2 Å². The Morgan fingerprint density at radius 2 is 1.63 bits per heavy atom. The van der Waals surface area contributed by atoms with E-state index in [9.17, 15) is 23.1 Å². The van der Waals surface area contributed by atoms with E-state index in [-0.39, 0.29) is 28.8 Å². The molecule has 5 nitrogen and oxygen atoms in total. The molecule has 0 saturated carbocycles. The summed E-state index contributed by atoms with van der Waals surface area (Å²) in [5.74, 6) is -2.23. The number of quaternary nitrogens is 1. The first-order chi connectivity index (χ1) is 16.3. The predicted molar refractivity (Wildman–Crippen MR) is 127 cm³/mol. The third-order valence-corrected chi connectivity index (χ3v) is 5.86. The van der Waals surface area contributed by atoms with Crippen LogP contribution in [0.5, 0.6) is 17.2 Å². The molecule has 0 saturated heterocycles. The fourth-order valence-electron chi connectivity index (χ4n) is 4.25. The predicted octanol–water partition coefficient (Wildman–Crippen LogP) is 4.99. The number of nitrogens with one attached hydrogen (secondary N) is 1. The minimum absolute atomic E-state index is 0.0686. The van der Waals surface area contributed by atoms with Crippen LogP contribution >= 0.6 is 0 Å². The zero-order chi connectivity index (χ0) is 26.1. The smallest absolute Gasteiger partial charge is 0.453 e. The molecule has 0 amide bonds. The van der Waals surface area contributed by atoms with Crippen molar-refractivity contribution in [1.82, 2.24) is 0 Å². The second-order valence-corrected chi connectivity index (χ2v) is 9.98. The topological polar surface area (TPSA) is 66.9 Å². The minimum atomic E-state index is -5.00. The SMILES string of the molecule is Cc1ccc(Oc2c(C(F)(F)F)oc3c(C[NH+](CC(C)C)CC(C)C)c([O-])ccc3c2=O)cc1C. The maximum absolute atomic E-state index is 14.0. The summed E-state index contributed by atoms with van der Waals surface area (Å²) in [5.41, 5.74) is 0.512. The Hall–Kier alpha value is -3.00. The average molecular weight is 492 g/mol. The van der Waals surface area contributed by atoms with Crippen molar-refractivity contribution in [3.05, 3.63) is 63.0 Å². The molecule has 8 heteroatoms. The van der Waals surface area contributed by atoms with Crippen molar-refractivity contribution >= 4 is 11.0 Å². The molecule has 35 heavy (non-hydrogen) atoms. The summed E-state index contributed by atoms with van der Waals surface area (Å²) >= 11 is 0. The third-order valence-electron chi connectivity index (χ3n) is 5.86. The quantitative estimate of drug-likeness (QED) is 0.482. The van der Waals surface area contributed by atoms with E-state index in [2.05, 4.69) is 0 Å². The molecule has 1 N–H and O–H groups in total. The van der Waals surface area contributed by atoms with Gasteiger partial charge in [0.05, 0.1) is 18.5 Å². The van der Waals surface area contributed by atoms with Gasteiger partial charge in [0.25, 0.3) is 5.76 Å². The number of benzene rings is 2. The lowest BCUT2D eigenvalue weighted by atomic mass is 10.1. The first-order valence-electron chi connectivity index (χ1n) is 11.7. The van der Waals surface area contributed by atoms with Gasteiger partial charge in [0.1, 0.15) is 17.9 Å². The largest absolute Gasteiger partial charge is 0.872 e. The molecule has 0 atom stereocenters. The van der Waals surface area contributed by atoms with Crippen LogP contribution in [0.15, 0.2) is 39.5 Å². The molecule has 0 unspecified atom stereocenters. The third kappa shape index (κ3) is 6.17. The highest BCUT2D eigenvalue weighted by molar-refractivity contribution is 5.83.